The van der Waals surface area contributed by atoms with Gasteiger partial charge in [-0.25, -0.2) is 0 Å². The molecule has 0 aromatic rings. The predicted octanol–water partition coefficient (Wildman–Crippen LogP) is 2.19. The summed E-state index contributed by atoms with van der Waals surface area (Å²) in [5.74, 6) is 1.70. The summed E-state index contributed by atoms with van der Waals surface area (Å²) in [7, 11) is 0. The minimum absolute atomic E-state index is 0.638. The Kier molecular flexibility index (Phi) is 3.45. The summed E-state index contributed by atoms with van der Waals surface area (Å²) < 4.78 is 5.53. The molecule has 2 heteroatoms. The highest BCUT2D eigenvalue weighted by Gasteiger charge is 2.43. The molecule has 0 aromatic carbocycles. The third-order valence-electron chi connectivity index (χ3n) is 3.74. The minimum Gasteiger partial charge on any atom is -0.370 e. The first-order valence-corrected chi connectivity index (χ1v) is 6.15. The Morgan fingerprint density at radius 2 is 2.21 bits per heavy atom. The van der Waals surface area contributed by atoms with Crippen LogP contribution in [0.15, 0.2) is 0 Å². The van der Waals surface area contributed by atoms with Gasteiger partial charge in [0.15, 0.2) is 0 Å². The van der Waals surface area contributed by atoms with Gasteiger partial charge in [0.2, 0.25) is 0 Å². The van der Waals surface area contributed by atoms with E-state index in [1.54, 1.807) is 0 Å². The van der Waals surface area contributed by atoms with E-state index in [1.165, 1.54) is 38.8 Å². The van der Waals surface area contributed by atoms with E-state index in [2.05, 4.69) is 19.2 Å². The molecule has 1 saturated carbocycles. The largest absolute Gasteiger partial charge is 0.370 e. The lowest BCUT2D eigenvalue weighted by atomic mass is 9.89. The highest BCUT2D eigenvalue weighted by molar-refractivity contribution is 4.92. The molecule has 2 aliphatic rings. The lowest BCUT2D eigenvalue weighted by Crippen LogP contribution is -2.29. The van der Waals surface area contributed by atoms with Crippen LogP contribution in [0.4, 0.5) is 0 Å². The van der Waals surface area contributed by atoms with Crippen molar-refractivity contribution < 1.29 is 4.74 Å². The number of rotatable bonds is 5. The molecule has 1 heterocycles. The second kappa shape index (κ2) is 4.63. The van der Waals surface area contributed by atoms with Crippen LogP contribution in [0.5, 0.6) is 0 Å². The van der Waals surface area contributed by atoms with Crippen molar-refractivity contribution in [3.63, 3.8) is 0 Å². The summed E-state index contributed by atoms with van der Waals surface area (Å²) >= 11 is 0. The van der Waals surface area contributed by atoms with Gasteiger partial charge in [0.05, 0.1) is 12.2 Å². The van der Waals surface area contributed by atoms with Crippen LogP contribution in [0, 0.1) is 11.8 Å². The van der Waals surface area contributed by atoms with Crippen molar-refractivity contribution in [1.29, 1.82) is 0 Å². The van der Waals surface area contributed by atoms with Crippen molar-refractivity contribution in [1.82, 2.24) is 5.32 Å². The van der Waals surface area contributed by atoms with Crippen molar-refractivity contribution in [3.8, 4) is 0 Å². The zero-order chi connectivity index (χ0) is 9.97. The fraction of sp³-hybridized carbons (Fsp3) is 1.00. The van der Waals surface area contributed by atoms with Crippen LogP contribution < -0.4 is 5.32 Å². The van der Waals surface area contributed by atoms with Gasteiger partial charge in [-0.3, -0.25) is 0 Å². The molecule has 4 atom stereocenters. The lowest BCUT2D eigenvalue weighted by Gasteiger charge is -2.20. The predicted molar refractivity (Wildman–Crippen MR) is 58.3 cm³/mol. The minimum atomic E-state index is 0.638. The van der Waals surface area contributed by atoms with E-state index in [4.69, 9.17) is 4.74 Å². The Morgan fingerprint density at radius 1 is 1.36 bits per heavy atom. The van der Waals surface area contributed by atoms with Gasteiger partial charge in [-0.05, 0) is 44.2 Å². The van der Waals surface area contributed by atoms with Crippen LogP contribution >= 0.6 is 0 Å². The molecule has 0 radical (unpaired) electrons. The Hall–Kier alpha value is -0.0800. The normalized spacial score (nSPS) is 37.7. The van der Waals surface area contributed by atoms with E-state index in [0.29, 0.717) is 12.2 Å². The maximum absolute atomic E-state index is 5.53. The zero-order valence-corrected chi connectivity index (χ0v) is 9.46. The first-order valence-electron chi connectivity index (χ1n) is 6.15. The van der Waals surface area contributed by atoms with Crippen LogP contribution in [0.2, 0.25) is 0 Å². The Morgan fingerprint density at radius 3 is 2.93 bits per heavy atom. The quantitative estimate of drug-likeness (QED) is 0.683. The fourth-order valence-electron chi connectivity index (χ4n) is 2.35. The van der Waals surface area contributed by atoms with Crippen LogP contribution in [0.1, 0.15) is 39.5 Å². The van der Waals surface area contributed by atoms with E-state index < -0.39 is 0 Å². The molecule has 1 N–H and O–H groups in total. The van der Waals surface area contributed by atoms with Crippen molar-refractivity contribution in [2.24, 2.45) is 11.8 Å². The molecule has 4 unspecified atom stereocenters. The van der Waals surface area contributed by atoms with Crippen LogP contribution in [0.3, 0.4) is 0 Å². The molecule has 2 nitrogen and oxygen atoms in total. The molecular weight excluding hydrogens is 174 g/mol. The molecule has 82 valence electrons. The van der Waals surface area contributed by atoms with Crippen molar-refractivity contribution in [3.05, 3.63) is 0 Å². The molecule has 0 bridgehead atoms. The van der Waals surface area contributed by atoms with Gasteiger partial charge >= 0.3 is 0 Å². The second-order valence-electron chi connectivity index (χ2n) is 5.06. The van der Waals surface area contributed by atoms with Crippen LogP contribution in [-0.2, 0) is 4.74 Å². The average Bonchev–Trinajstić information content (AvgIpc) is 2.95. The summed E-state index contributed by atoms with van der Waals surface area (Å²) in [6.07, 6.45) is 6.55. The van der Waals surface area contributed by atoms with E-state index in [0.717, 1.165) is 11.8 Å². The van der Waals surface area contributed by atoms with E-state index >= 15 is 0 Å². The van der Waals surface area contributed by atoms with E-state index in [-0.39, 0.29) is 0 Å². The number of nitrogens with one attached hydrogen (secondary N) is 1. The summed E-state index contributed by atoms with van der Waals surface area (Å²) in [6, 6.07) is 0. The maximum Gasteiger partial charge on any atom is 0.0845 e. The first-order chi connectivity index (χ1) is 6.79. The number of epoxide rings is 1. The van der Waals surface area contributed by atoms with Gasteiger partial charge in [-0.1, -0.05) is 20.3 Å². The Labute approximate surface area is 87.4 Å². The molecule has 2 fully saturated rings. The van der Waals surface area contributed by atoms with E-state index in [1.807, 2.05) is 0 Å². The molecule has 0 aromatic heterocycles. The topological polar surface area (TPSA) is 24.6 Å². The highest BCUT2D eigenvalue weighted by Crippen LogP contribution is 2.38. The first kappa shape index (κ1) is 10.4. The molecule has 1 aliphatic heterocycles. The SMILES string of the molecule is CCC(C)CNCC1CCC2OC2C1. The van der Waals surface area contributed by atoms with Crippen molar-refractivity contribution in [2.75, 3.05) is 13.1 Å². The Bertz CT molecular complexity index is 183. The standard InChI is InChI=1S/C12H23NO/c1-3-9(2)7-13-8-10-4-5-11-12(6-10)14-11/h9-13H,3-8H2,1-2H3. The molecular formula is C12H23NO. The summed E-state index contributed by atoms with van der Waals surface area (Å²) in [5.41, 5.74) is 0. The molecule has 0 amide bonds. The zero-order valence-electron chi connectivity index (χ0n) is 9.46. The van der Waals surface area contributed by atoms with Crippen molar-refractivity contribution >= 4 is 0 Å². The molecule has 2 rings (SSSR count). The van der Waals surface area contributed by atoms with Crippen LogP contribution in [0.25, 0.3) is 0 Å². The van der Waals surface area contributed by atoms with Gasteiger partial charge in [0, 0.05) is 0 Å². The monoisotopic (exact) mass is 197 g/mol. The second-order valence-corrected chi connectivity index (χ2v) is 5.06. The van der Waals surface area contributed by atoms with Gasteiger partial charge in [0.1, 0.15) is 0 Å². The number of hydrogen-bond donors (Lipinski definition) is 1. The fourth-order valence-corrected chi connectivity index (χ4v) is 2.35. The smallest absolute Gasteiger partial charge is 0.0845 e. The van der Waals surface area contributed by atoms with Crippen molar-refractivity contribution in [2.45, 2.75) is 51.7 Å². The number of fused-ring (bicyclic) bond motifs is 1. The number of hydrogen-bond acceptors (Lipinski definition) is 2. The van der Waals surface area contributed by atoms with Gasteiger partial charge in [0.25, 0.3) is 0 Å². The van der Waals surface area contributed by atoms with Gasteiger partial charge in [-0.2, -0.15) is 0 Å². The van der Waals surface area contributed by atoms with Gasteiger partial charge < -0.3 is 10.1 Å². The summed E-state index contributed by atoms with van der Waals surface area (Å²) in [5, 5.41) is 3.59. The average molecular weight is 197 g/mol. The lowest BCUT2D eigenvalue weighted by molar-refractivity contribution is 0.346. The number of ether oxygens (including phenoxy) is 1. The summed E-state index contributed by atoms with van der Waals surface area (Å²) in [4.78, 5) is 0. The molecule has 14 heavy (non-hydrogen) atoms. The highest BCUT2D eigenvalue weighted by atomic mass is 16.6. The molecule has 1 aliphatic carbocycles. The third-order valence-corrected chi connectivity index (χ3v) is 3.74. The van der Waals surface area contributed by atoms with Crippen LogP contribution in [-0.4, -0.2) is 25.3 Å². The summed E-state index contributed by atoms with van der Waals surface area (Å²) in [6.45, 7) is 6.96. The van der Waals surface area contributed by atoms with E-state index in [9.17, 15) is 0 Å². The Balaban J connectivity index is 1.56. The molecule has 0 spiro atoms. The maximum atomic E-state index is 5.53. The van der Waals surface area contributed by atoms with Gasteiger partial charge in [-0.15, -0.1) is 0 Å². The molecule has 1 saturated heterocycles. The third kappa shape index (κ3) is 2.71.